The minimum Gasteiger partial charge on any atom is -0.306 e. The molecule has 13 heavy (non-hydrogen) atoms. The van der Waals surface area contributed by atoms with Gasteiger partial charge in [0.05, 0.1) is 6.67 Å². The second kappa shape index (κ2) is 3.95. The molecule has 0 spiro atoms. The summed E-state index contributed by atoms with van der Waals surface area (Å²) >= 11 is 0. The fourth-order valence-corrected chi connectivity index (χ4v) is 2.40. The van der Waals surface area contributed by atoms with E-state index >= 15 is 0 Å². The van der Waals surface area contributed by atoms with E-state index in [0.29, 0.717) is 5.92 Å². The first-order valence-electron chi connectivity index (χ1n) is 5.25. The molecule has 1 aliphatic heterocycles. The van der Waals surface area contributed by atoms with Crippen molar-refractivity contribution in [2.45, 2.75) is 27.2 Å². The van der Waals surface area contributed by atoms with Crippen LogP contribution in [0.2, 0.25) is 0 Å². The molecule has 1 nitrogen and oxygen atoms in total. The Kier molecular flexibility index (Phi) is 3.33. The average Bonchev–Trinajstić information content (AvgIpc) is 2.04. The third-order valence-corrected chi connectivity index (χ3v) is 3.91. The molecule has 0 aromatic rings. The van der Waals surface area contributed by atoms with Crippen LogP contribution in [0, 0.1) is 17.3 Å². The molecule has 1 rings (SSSR count). The Labute approximate surface area is 81.3 Å². The molecular formula is C11H22FN. The largest absolute Gasteiger partial charge is 0.306 e. The zero-order valence-corrected chi connectivity index (χ0v) is 9.31. The van der Waals surface area contributed by atoms with Crippen molar-refractivity contribution in [2.24, 2.45) is 17.3 Å². The summed E-state index contributed by atoms with van der Waals surface area (Å²) in [5.41, 5.74) is 0.168. The minimum atomic E-state index is -0.150. The maximum absolute atomic E-state index is 12.8. The summed E-state index contributed by atoms with van der Waals surface area (Å²) < 4.78 is 12.8. The van der Waals surface area contributed by atoms with Gasteiger partial charge in [-0.25, -0.2) is 0 Å². The van der Waals surface area contributed by atoms with Gasteiger partial charge in [0.2, 0.25) is 0 Å². The third kappa shape index (κ3) is 2.04. The first-order valence-corrected chi connectivity index (χ1v) is 5.25. The topological polar surface area (TPSA) is 3.24 Å². The minimum absolute atomic E-state index is 0.150. The van der Waals surface area contributed by atoms with Gasteiger partial charge in [-0.3, -0.25) is 4.39 Å². The van der Waals surface area contributed by atoms with E-state index in [1.807, 2.05) is 0 Å². The van der Waals surface area contributed by atoms with Crippen LogP contribution >= 0.6 is 0 Å². The molecule has 0 radical (unpaired) electrons. The number of halogens is 1. The van der Waals surface area contributed by atoms with Gasteiger partial charge >= 0.3 is 0 Å². The van der Waals surface area contributed by atoms with Gasteiger partial charge in [-0.1, -0.05) is 20.8 Å². The number of hydrogen-bond donors (Lipinski definition) is 0. The Bertz CT molecular complexity index is 169. The van der Waals surface area contributed by atoms with Gasteiger partial charge in [-0.2, -0.15) is 0 Å². The van der Waals surface area contributed by atoms with Gasteiger partial charge in [-0.05, 0) is 37.3 Å². The molecule has 2 unspecified atom stereocenters. The van der Waals surface area contributed by atoms with E-state index in [2.05, 4.69) is 32.7 Å². The molecule has 0 saturated carbocycles. The Morgan fingerprint density at radius 1 is 1.54 bits per heavy atom. The molecule has 78 valence electrons. The molecule has 0 aliphatic carbocycles. The van der Waals surface area contributed by atoms with Crippen LogP contribution in [0.15, 0.2) is 0 Å². The molecular weight excluding hydrogens is 165 g/mol. The summed E-state index contributed by atoms with van der Waals surface area (Å²) in [5, 5.41) is 0. The smallest absolute Gasteiger partial charge is 0.0928 e. The predicted octanol–water partition coefficient (Wildman–Crippen LogP) is 2.57. The maximum atomic E-state index is 12.8. The van der Waals surface area contributed by atoms with Crippen LogP contribution in [-0.4, -0.2) is 31.7 Å². The van der Waals surface area contributed by atoms with Gasteiger partial charge < -0.3 is 4.90 Å². The number of alkyl halides is 1. The molecule has 1 heterocycles. The molecule has 2 heteroatoms. The summed E-state index contributed by atoms with van der Waals surface area (Å²) in [6, 6.07) is 0. The Morgan fingerprint density at radius 2 is 2.15 bits per heavy atom. The second-order valence-electron chi connectivity index (χ2n) is 5.04. The zero-order valence-electron chi connectivity index (χ0n) is 9.31. The van der Waals surface area contributed by atoms with E-state index < -0.39 is 0 Å². The zero-order chi connectivity index (χ0) is 10.1. The highest BCUT2D eigenvalue weighted by molar-refractivity contribution is 4.91. The van der Waals surface area contributed by atoms with E-state index in [9.17, 15) is 4.39 Å². The van der Waals surface area contributed by atoms with Gasteiger partial charge in [0, 0.05) is 6.54 Å². The molecule has 0 aromatic carbocycles. The summed E-state index contributed by atoms with van der Waals surface area (Å²) in [5.74, 6) is 0.833. The van der Waals surface area contributed by atoms with Crippen molar-refractivity contribution >= 4 is 0 Å². The normalized spacial score (nSPS) is 36.9. The molecule has 0 amide bonds. The fourth-order valence-electron chi connectivity index (χ4n) is 2.40. The summed E-state index contributed by atoms with van der Waals surface area (Å²) in [4.78, 5) is 2.33. The lowest BCUT2D eigenvalue weighted by Crippen LogP contribution is -2.49. The molecule has 1 fully saturated rings. The number of hydrogen-bond acceptors (Lipinski definition) is 1. The lowest BCUT2D eigenvalue weighted by molar-refractivity contribution is 0.00340. The maximum Gasteiger partial charge on any atom is 0.0928 e. The second-order valence-corrected chi connectivity index (χ2v) is 5.04. The van der Waals surface area contributed by atoms with E-state index in [1.54, 1.807) is 0 Å². The monoisotopic (exact) mass is 187 g/mol. The van der Waals surface area contributed by atoms with Crippen LogP contribution in [0.3, 0.4) is 0 Å². The highest BCUT2D eigenvalue weighted by Crippen LogP contribution is 2.41. The summed E-state index contributed by atoms with van der Waals surface area (Å²) in [7, 11) is 2.13. The average molecular weight is 187 g/mol. The first-order chi connectivity index (χ1) is 6.00. The van der Waals surface area contributed by atoms with Crippen molar-refractivity contribution in [1.29, 1.82) is 0 Å². The van der Waals surface area contributed by atoms with Crippen LogP contribution in [-0.2, 0) is 0 Å². The van der Waals surface area contributed by atoms with Gasteiger partial charge in [0.1, 0.15) is 0 Å². The van der Waals surface area contributed by atoms with Crippen molar-refractivity contribution in [1.82, 2.24) is 4.90 Å². The van der Waals surface area contributed by atoms with E-state index in [4.69, 9.17) is 0 Å². The van der Waals surface area contributed by atoms with Crippen molar-refractivity contribution in [2.75, 3.05) is 26.8 Å². The summed E-state index contributed by atoms with van der Waals surface area (Å²) in [6.07, 6.45) is 1.02. The molecule has 0 bridgehead atoms. The van der Waals surface area contributed by atoms with E-state index in [1.165, 1.54) is 0 Å². The van der Waals surface area contributed by atoms with Gasteiger partial charge in [0.25, 0.3) is 0 Å². The van der Waals surface area contributed by atoms with E-state index in [-0.39, 0.29) is 18.0 Å². The highest BCUT2D eigenvalue weighted by Gasteiger charge is 2.40. The quantitative estimate of drug-likeness (QED) is 0.642. The standard InChI is InChI=1S/C11H22FN/c1-9(2)11(3)8-13(4)6-5-10(11)7-12/h9-10H,5-8H2,1-4H3. The lowest BCUT2D eigenvalue weighted by atomic mass is 9.66. The van der Waals surface area contributed by atoms with Crippen molar-refractivity contribution in [3.63, 3.8) is 0 Å². The first kappa shape index (κ1) is 11.0. The summed E-state index contributed by atoms with van der Waals surface area (Å²) in [6.45, 7) is 8.60. The van der Waals surface area contributed by atoms with Crippen LogP contribution in [0.1, 0.15) is 27.2 Å². The van der Waals surface area contributed by atoms with Crippen LogP contribution in [0.5, 0.6) is 0 Å². The molecule has 2 atom stereocenters. The van der Waals surface area contributed by atoms with Crippen molar-refractivity contribution < 1.29 is 4.39 Å². The Balaban J connectivity index is 2.75. The predicted molar refractivity (Wildman–Crippen MR) is 54.5 cm³/mol. The number of rotatable bonds is 2. The molecule has 0 aromatic heterocycles. The van der Waals surface area contributed by atoms with Crippen molar-refractivity contribution in [3.05, 3.63) is 0 Å². The molecule has 1 aliphatic rings. The third-order valence-electron chi connectivity index (χ3n) is 3.91. The fraction of sp³-hybridized carbons (Fsp3) is 1.00. The van der Waals surface area contributed by atoms with Crippen molar-refractivity contribution in [3.8, 4) is 0 Å². The number of likely N-dealkylation sites (tertiary alicyclic amines) is 1. The lowest BCUT2D eigenvalue weighted by Gasteiger charge is -2.47. The number of nitrogens with zero attached hydrogens (tertiary/aromatic N) is 1. The van der Waals surface area contributed by atoms with E-state index in [0.717, 1.165) is 19.5 Å². The number of piperidine rings is 1. The molecule has 0 N–H and O–H groups in total. The Morgan fingerprint density at radius 3 is 2.62 bits per heavy atom. The van der Waals surface area contributed by atoms with Crippen LogP contribution in [0.25, 0.3) is 0 Å². The van der Waals surface area contributed by atoms with Crippen LogP contribution in [0.4, 0.5) is 4.39 Å². The Hall–Kier alpha value is -0.110. The molecule has 1 saturated heterocycles. The van der Waals surface area contributed by atoms with Gasteiger partial charge in [0.15, 0.2) is 0 Å². The SMILES string of the molecule is CC(C)C1(C)CN(C)CCC1CF. The highest BCUT2D eigenvalue weighted by atomic mass is 19.1. The van der Waals surface area contributed by atoms with Crippen LogP contribution < -0.4 is 0 Å². The van der Waals surface area contributed by atoms with Gasteiger partial charge in [-0.15, -0.1) is 0 Å².